The molecule has 0 aromatic rings. The number of fused-ring (bicyclic) bond motifs is 4. The van der Waals surface area contributed by atoms with Crippen LogP contribution < -0.4 is 0 Å². The quantitative estimate of drug-likeness (QED) is 0.499. The predicted molar refractivity (Wildman–Crippen MR) is 88.2 cm³/mol. The van der Waals surface area contributed by atoms with Crippen LogP contribution in [-0.4, -0.2) is 15.7 Å². The summed E-state index contributed by atoms with van der Waals surface area (Å²) in [7, 11) is 14.0. The molecule has 7 atom stereocenters. The third-order valence-electron chi connectivity index (χ3n) is 9.04. The average molecular weight is 276 g/mol. The fourth-order valence-electron chi connectivity index (χ4n) is 8.24. The van der Waals surface area contributed by atoms with E-state index < -0.39 is 5.21 Å². The van der Waals surface area contributed by atoms with Gasteiger partial charge in [0.15, 0.2) is 0 Å². The predicted octanol–water partition coefficient (Wildman–Crippen LogP) is 4.11. The fraction of sp³-hybridized carbons (Fsp3) is 0.895. The van der Waals surface area contributed by atoms with E-state index in [4.69, 9.17) is 15.7 Å². The molecule has 2 heteroatoms. The van der Waals surface area contributed by atoms with Crippen molar-refractivity contribution in [2.45, 2.75) is 58.6 Å². The van der Waals surface area contributed by atoms with Gasteiger partial charge in [-0.05, 0) is 71.5 Å². The lowest BCUT2D eigenvalue weighted by Crippen LogP contribution is -2.55. The molecule has 108 valence electrons. The van der Waals surface area contributed by atoms with E-state index >= 15 is 0 Å². The summed E-state index contributed by atoms with van der Waals surface area (Å²) in [6.07, 6.45) is 8.09. The van der Waals surface area contributed by atoms with Gasteiger partial charge in [-0.1, -0.05) is 44.6 Å². The van der Waals surface area contributed by atoms with Gasteiger partial charge in [-0.15, -0.1) is 0 Å². The maximum atomic E-state index is 6.98. The molecule has 1 spiro atoms. The molecule has 5 aliphatic carbocycles. The summed E-state index contributed by atoms with van der Waals surface area (Å²) in [5.74, 6) is 4.34. The molecule has 4 saturated carbocycles. The first-order chi connectivity index (χ1) is 9.68. The highest BCUT2D eigenvalue weighted by Gasteiger charge is 2.82. The summed E-state index contributed by atoms with van der Waals surface area (Å²) in [5.41, 5.74) is 2.30. The topological polar surface area (TPSA) is 0 Å². The van der Waals surface area contributed by atoms with E-state index in [1.54, 1.807) is 5.57 Å². The minimum atomic E-state index is -0.599. The number of hydrogen-bond donors (Lipinski definition) is 0. The summed E-state index contributed by atoms with van der Waals surface area (Å²) < 4.78 is 0. The standard InChI is InChI=1S/C19H26B2/c1-10-17-8-11-7-14(17)12-5-6-13(15(12)17)18(10,9-11)19(20,21)16(2,3)4/h6,10-12,14-15H,5,7-9H2,1-4H3. The zero-order valence-corrected chi connectivity index (χ0v) is 13.9. The van der Waals surface area contributed by atoms with Gasteiger partial charge in [-0.3, -0.25) is 0 Å². The third-order valence-corrected chi connectivity index (χ3v) is 9.04. The molecular formula is C19H26B2. The van der Waals surface area contributed by atoms with Gasteiger partial charge in [0.2, 0.25) is 0 Å². The Labute approximate surface area is 132 Å². The first kappa shape index (κ1) is 13.3. The second-order valence-corrected chi connectivity index (χ2v) is 10.1. The summed E-state index contributed by atoms with van der Waals surface area (Å²) in [6.45, 7) is 9.23. The van der Waals surface area contributed by atoms with Crippen LogP contribution in [0.25, 0.3) is 0 Å². The van der Waals surface area contributed by atoms with Gasteiger partial charge in [-0.2, -0.15) is 0 Å². The highest BCUT2D eigenvalue weighted by atomic mass is 14.9. The molecule has 0 saturated heterocycles. The molecule has 0 aliphatic heterocycles. The molecule has 4 radical (unpaired) electrons. The summed E-state index contributed by atoms with van der Waals surface area (Å²) in [5, 5.41) is -0.599. The van der Waals surface area contributed by atoms with Crippen LogP contribution in [-0.2, 0) is 0 Å². The molecule has 0 N–H and O–H groups in total. The van der Waals surface area contributed by atoms with Crippen molar-refractivity contribution in [1.29, 1.82) is 0 Å². The Hall–Kier alpha value is -0.130. The van der Waals surface area contributed by atoms with E-state index in [9.17, 15) is 0 Å². The molecular weight excluding hydrogens is 250 g/mol. The van der Waals surface area contributed by atoms with Crippen molar-refractivity contribution in [2.75, 3.05) is 0 Å². The summed E-state index contributed by atoms with van der Waals surface area (Å²) in [6, 6.07) is 0. The highest BCUT2D eigenvalue weighted by molar-refractivity contribution is 6.41. The van der Waals surface area contributed by atoms with Gasteiger partial charge in [0, 0.05) is 0 Å². The lowest BCUT2D eigenvalue weighted by atomic mass is 9.29. The van der Waals surface area contributed by atoms with Gasteiger partial charge in [-0.25, -0.2) is 0 Å². The molecule has 0 amide bonds. The third kappa shape index (κ3) is 1.02. The Bertz CT molecular complexity index is 569. The molecule has 0 aromatic heterocycles. The fourth-order valence-corrected chi connectivity index (χ4v) is 8.24. The summed E-state index contributed by atoms with van der Waals surface area (Å²) in [4.78, 5) is 0. The number of allylic oxidation sites excluding steroid dienone is 2. The Morgan fingerprint density at radius 2 is 1.90 bits per heavy atom. The van der Waals surface area contributed by atoms with Gasteiger partial charge < -0.3 is 0 Å². The van der Waals surface area contributed by atoms with E-state index in [-0.39, 0.29) is 10.8 Å². The second-order valence-electron chi connectivity index (χ2n) is 10.1. The smallest absolute Gasteiger partial charge is 0.0639 e. The lowest BCUT2D eigenvalue weighted by Gasteiger charge is -2.62. The van der Waals surface area contributed by atoms with Crippen LogP contribution in [0.15, 0.2) is 11.6 Å². The van der Waals surface area contributed by atoms with Crippen molar-refractivity contribution in [1.82, 2.24) is 0 Å². The minimum absolute atomic E-state index is 0.0626. The van der Waals surface area contributed by atoms with E-state index in [0.717, 1.165) is 23.7 Å². The van der Waals surface area contributed by atoms with Gasteiger partial charge >= 0.3 is 0 Å². The van der Waals surface area contributed by atoms with E-state index in [1.807, 2.05) is 0 Å². The molecule has 5 aliphatic rings. The minimum Gasteiger partial charge on any atom is -0.0850 e. The molecule has 21 heavy (non-hydrogen) atoms. The van der Waals surface area contributed by atoms with Crippen LogP contribution in [0.3, 0.4) is 0 Å². The molecule has 4 fully saturated rings. The molecule has 0 aromatic carbocycles. The van der Waals surface area contributed by atoms with Crippen molar-refractivity contribution >= 4 is 15.7 Å². The zero-order chi connectivity index (χ0) is 15.0. The van der Waals surface area contributed by atoms with Crippen molar-refractivity contribution in [3.05, 3.63) is 11.6 Å². The zero-order valence-electron chi connectivity index (χ0n) is 13.9. The molecule has 0 nitrogen and oxygen atoms in total. The first-order valence-corrected chi connectivity index (χ1v) is 8.96. The Morgan fingerprint density at radius 1 is 1.19 bits per heavy atom. The molecule has 3 bridgehead atoms. The molecule has 7 unspecified atom stereocenters. The second kappa shape index (κ2) is 3.22. The van der Waals surface area contributed by atoms with Crippen LogP contribution in [0.5, 0.6) is 0 Å². The van der Waals surface area contributed by atoms with Crippen molar-refractivity contribution in [3.8, 4) is 0 Å². The monoisotopic (exact) mass is 276 g/mol. The molecule has 0 heterocycles. The van der Waals surface area contributed by atoms with Crippen LogP contribution in [0.1, 0.15) is 53.4 Å². The van der Waals surface area contributed by atoms with E-state index in [2.05, 4.69) is 33.8 Å². The largest absolute Gasteiger partial charge is 0.0850 e. The SMILES string of the molecule is [B]C([B])(C(C)(C)C)C12CC3CC4C5CC=C1C5C4(C3)C2C. The number of hydrogen-bond acceptors (Lipinski definition) is 0. The Kier molecular flexibility index (Phi) is 2.04. The van der Waals surface area contributed by atoms with Crippen LogP contribution in [0.4, 0.5) is 0 Å². The maximum absolute atomic E-state index is 6.98. The average Bonchev–Trinajstić information content (AvgIpc) is 2.90. The van der Waals surface area contributed by atoms with Crippen molar-refractivity contribution in [2.24, 2.45) is 45.8 Å². The highest BCUT2D eigenvalue weighted by Crippen LogP contribution is 2.90. The first-order valence-electron chi connectivity index (χ1n) is 8.96. The lowest BCUT2D eigenvalue weighted by molar-refractivity contribution is -0.105. The van der Waals surface area contributed by atoms with Gasteiger partial charge in [0.05, 0.1) is 15.7 Å². The Balaban J connectivity index is 1.78. The van der Waals surface area contributed by atoms with Crippen molar-refractivity contribution < 1.29 is 0 Å². The number of rotatable bonds is 1. The Morgan fingerprint density at radius 3 is 2.57 bits per heavy atom. The molecule has 5 rings (SSSR count). The maximum Gasteiger partial charge on any atom is 0.0639 e. The van der Waals surface area contributed by atoms with E-state index in [1.165, 1.54) is 25.7 Å². The van der Waals surface area contributed by atoms with Crippen LogP contribution in [0, 0.1) is 45.8 Å². The summed E-state index contributed by atoms with van der Waals surface area (Å²) >= 11 is 0. The van der Waals surface area contributed by atoms with Crippen LogP contribution in [0.2, 0.25) is 5.21 Å². The van der Waals surface area contributed by atoms with E-state index in [0.29, 0.717) is 11.3 Å². The van der Waals surface area contributed by atoms with Crippen LogP contribution >= 0.6 is 0 Å². The van der Waals surface area contributed by atoms with Gasteiger partial charge in [0.1, 0.15) is 0 Å². The van der Waals surface area contributed by atoms with Gasteiger partial charge in [0.25, 0.3) is 0 Å². The normalized spacial score (nSPS) is 56.4. The van der Waals surface area contributed by atoms with Crippen molar-refractivity contribution in [3.63, 3.8) is 0 Å².